The summed E-state index contributed by atoms with van der Waals surface area (Å²) in [6, 6.07) is 3.50. The minimum absolute atomic E-state index is 0.0174. The standard InChI is InChI=1S/C15H17ClN2O6S2/c1-17(11-4-6-25(21,22)9-11)15(20)12-8-10(2-3-13(12)16)18-14(19)5-7-26(18,23)24/h2-3,8,11H,4-7,9H2,1H3. The van der Waals surface area contributed by atoms with Crippen molar-refractivity contribution < 1.29 is 26.4 Å². The first kappa shape index (κ1) is 19.1. The Morgan fingerprint density at radius 3 is 2.46 bits per heavy atom. The molecule has 0 N–H and O–H groups in total. The quantitative estimate of drug-likeness (QED) is 0.710. The number of hydrogen-bond donors (Lipinski definition) is 0. The van der Waals surface area contributed by atoms with Crippen molar-refractivity contribution in [2.24, 2.45) is 0 Å². The van der Waals surface area contributed by atoms with Crippen LogP contribution in [0.1, 0.15) is 23.2 Å². The predicted molar refractivity (Wildman–Crippen MR) is 96.5 cm³/mol. The Balaban J connectivity index is 1.93. The van der Waals surface area contributed by atoms with Gasteiger partial charge in [-0.25, -0.2) is 21.1 Å². The number of hydrogen-bond acceptors (Lipinski definition) is 6. The van der Waals surface area contributed by atoms with E-state index in [1.807, 2.05) is 0 Å². The highest BCUT2D eigenvalue weighted by Crippen LogP contribution is 2.30. The monoisotopic (exact) mass is 420 g/mol. The van der Waals surface area contributed by atoms with E-state index in [0.717, 1.165) is 0 Å². The van der Waals surface area contributed by atoms with E-state index >= 15 is 0 Å². The molecule has 0 aromatic heterocycles. The van der Waals surface area contributed by atoms with Crippen molar-refractivity contribution in [2.45, 2.75) is 18.9 Å². The van der Waals surface area contributed by atoms with Gasteiger partial charge in [0.25, 0.3) is 5.91 Å². The molecular formula is C15H17ClN2O6S2. The zero-order valence-corrected chi connectivity index (χ0v) is 16.3. The van der Waals surface area contributed by atoms with Crippen LogP contribution in [0.5, 0.6) is 0 Å². The number of amides is 2. The van der Waals surface area contributed by atoms with Crippen molar-refractivity contribution in [3.63, 3.8) is 0 Å². The van der Waals surface area contributed by atoms with E-state index in [2.05, 4.69) is 0 Å². The summed E-state index contributed by atoms with van der Waals surface area (Å²) in [5.74, 6) is -1.48. The molecule has 1 unspecified atom stereocenters. The second kappa shape index (κ2) is 6.50. The number of carbonyl (C=O) groups is 2. The van der Waals surface area contributed by atoms with Gasteiger partial charge in [0, 0.05) is 19.5 Å². The first-order valence-electron chi connectivity index (χ1n) is 7.85. The summed E-state index contributed by atoms with van der Waals surface area (Å²) in [5.41, 5.74) is 0.0681. The summed E-state index contributed by atoms with van der Waals surface area (Å²) in [4.78, 5) is 26.0. The van der Waals surface area contributed by atoms with Gasteiger partial charge < -0.3 is 4.90 Å². The van der Waals surface area contributed by atoms with Crippen molar-refractivity contribution >= 4 is 49.0 Å². The van der Waals surface area contributed by atoms with Gasteiger partial charge in [-0.3, -0.25) is 9.59 Å². The number of benzene rings is 1. The highest BCUT2D eigenvalue weighted by Gasteiger charge is 2.37. The molecule has 2 fully saturated rings. The number of sulfonamides is 1. The van der Waals surface area contributed by atoms with Gasteiger partial charge in [-0.2, -0.15) is 0 Å². The molecule has 0 radical (unpaired) electrons. The van der Waals surface area contributed by atoms with Crippen LogP contribution in [0.2, 0.25) is 5.02 Å². The summed E-state index contributed by atoms with van der Waals surface area (Å²) in [6.07, 6.45) is 0.217. The molecule has 2 saturated heterocycles. The van der Waals surface area contributed by atoms with E-state index in [9.17, 15) is 26.4 Å². The second-order valence-corrected chi connectivity index (χ2v) is 10.9. The smallest absolute Gasteiger partial charge is 0.255 e. The van der Waals surface area contributed by atoms with Crippen LogP contribution in [-0.2, 0) is 24.7 Å². The molecule has 2 aliphatic heterocycles. The summed E-state index contributed by atoms with van der Waals surface area (Å²) in [6.45, 7) is 0. The SMILES string of the molecule is CN(C(=O)c1cc(N2C(=O)CCS2(=O)=O)ccc1Cl)C1CCS(=O)(=O)C1. The van der Waals surface area contributed by atoms with Crippen LogP contribution >= 0.6 is 11.6 Å². The number of rotatable bonds is 3. The van der Waals surface area contributed by atoms with Gasteiger partial charge in [-0.1, -0.05) is 11.6 Å². The molecule has 0 spiro atoms. The number of nitrogens with zero attached hydrogens (tertiary/aromatic N) is 2. The van der Waals surface area contributed by atoms with E-state index in [0.29, 0.717) is 10.7 Å². The van der Waals surface area contributed by atoms with Crippen LogP contribution in [0.4, 0.5) is 5.69 Å². The minimum atomic E-state index is -3.76. The Morgan fingerprint density at radius 1 is 1.23 bits per heavy atom. The first-order valence-corrected chi connectivity index (χ1v) is 11.7. The minimum Gasteiger partial charge on any atom is -0.338 e. The molecular weight excluding hydrogens is 404 g/mol. The zero-order chi connectivity index (χ0) is 19.3. The second-order valence-electron chi connectivity index (χ2n) is 6.36. The lowest BCUT2D eigenvalue weighted by Crippen LogP contribution is -2.38. The van der Waals surface area contributed by atoms with Gasteiger partial charge in [-0.05, 0) is 24.6 Å². The molecule has 1 aromatic carbocycles. The van der Waals surface area contributed by atoms with Crippen molar-refractivity contribution in [3.8, 4) is 0 Å². The summed E-state index contributed by atoms with van der Waals surface area (Å²) in [5, 5.41) is 0.0931. The van der Waals surface area contributed by atoms with Crippen LogP contribution in [0.25, 0.3) is 0 Å². The maximum atomic E-state index is 12.8. The van der Waals surface area contributed by atoms with Gasteiger partial charge in [0.1, 0.15) is 0 Å². The predicted octanol–water partition coefficient (Wildman–Crippen LogP) is 0.666. The third kappa shape index (κ3) is 3.45. The topological polar surface area (TPSA) is 109 Å². The van der Waals surface area contributed by atoms with Gasteiger partial charge in [0.2, 0.25) is 15.9 Å². The molecule has 8 nitrogen and oxygen atoms in total. The lowest BCUT2D eigenvalue weighted by molar-refractivity contribution is -0.116. The molecule has 11 heteroatoms. The molecule has 26 heavy (non-hydrogen) atoms. The molecule has 0 saturated carbocycles. The highest BCUT2D eigenvalue weighted by atomic mass is 35.5. The molecule has 3 rings (SSSR count). The summed E-state index contributed by atoms with van der Waals surface area (Å²) < 4.78 is 48.1. The van der Waals surface area contributed by atoms with Crippen LogP contribution in [0, 0.1) is 0 Å². The Labute approximate surface area is 156 Å². The average molecular weight is 421 g/mol. The highest BCUT2D eigenvalue weighted by molar-refractivity contribution is 7.94. The van der Waals surface area contributed by atoms with Gasteiger partial charge in [0.15, 0.2) is 9.84 Å². The largest absolute Gasteiger partial charge is 0.338 e. The molecule has 1 atom stereocenters. The Kier molecular flexibility index (Phi) is 4.78. The lowest BCUT2D eigenvalue weighted by Gasteiger charge is -2.24. The van der Waals surface area contributed by atoms with Crippen LogP contribution in [0.3, 0.4) is 0 Å². The number of carbonyl (C=O) groups excluding carboxylic acids is 2. The normalized spacial score (nSPS) is 24.0. The van der Waals surface area contributed by atoms with Crippen molar-refractivity contribution in [1.29, 1.82) is 0 Å². The van der Waals surface area contributed by atoms with Gasteiger partial charge >= 0.3 is 0 Å². The van der Waals surface area contributed by atoms with E-state index in [1.54, 1.807) is 0 Å². The van der Waals surface area contributed by atoms with Crippen LogP contribution < -0.4 is 4.31 Å². The van der Waals surface area contributed by atoms with Crippen molar-refractivity contribution in [2.75, 3.05) is 28.6 Å². The van der Waals surface area contributed by atoms with E-state index < -0.39 is 37.7 Å². The molecule has 0 bridgehead atoms. The molecule has 2 aliphatic rings. The molecule has 2 amide bonds. The van der Waals surface area contributed by atoms with Crippen molar-refractivity contribution in [1.82, 2.24) is 4.90 Å². The fourth-order valence-electron chi connectivity index (χ4n) is 3.11. The number of halogens is 1. The maximum Gasteiger partial charge on any atom is 0.255 e. The van der Waals surface area contributed by atoms with E-state index in [-0.39, 0.29) is 40.0 Å². The molecule has 0 aliphatic carbocycles. The fourth-order valence-corrected chi connectivity index (χ4v) is 6.53. The Hall–Kier alpha value is -1.65. The van der Waals surface area contributed by atoms with Crippen molar-refractivity contribution in [3.05, 3.63) is 28.8 Å². The van der Waals surface area contributed by atoms with Crippen LogP contribution in [0.15, 0.2) is 18.2 Å². The van der Waals surface area contributed by atoms with E-state index in [4.69, 9.17) is 11.6 Å². The van der Waals surface area contributed by atoms with Gasteiger partial charge in [-0.15, -0.1) is 0 Å². The average Bonchev–Trinajstić information content (AvgIpc) is 3.05. The fraction of sp³-hybridized carbons (Fsp3) is 0.467. The number of anilines is 1. The summed E-state index contributed by atoms with van der Waals surface area (Å²) >= 11 is 6.09. The number of sulfone groups is 1. The molecule has 2 heterocycles. The first-order chi connectivity index (χ1) is 12.0. The third-order valence-electron chi connectivity index (χ3n) is 4.57. The summed E-state index contributed by atoms with van der Waals surface area (Å²) in [7, 11) is -5.45. The third-order valence-corrected chi connectivity index (χ3v) is 8.34. The van der Waals surface area contributed by atoms with E-state index in [1.165, 1.54) is 30.1 Å². The Bertz CT molecular complexity index is 989. The molecule has 1 aromatic rings. The maximum absolute atomic E-state index is 12.8. The lowest BCUT2D eigenvalue weighted by atomic mass is 10.1. The molecule has 142 valence electrons. The zero-order valence-electron chi connectivity index (χ0n) is 13.9. The Morgan fingerprint density at radius 2 is 1.92 bits per heavy atom. The van der Waals surface area contributed by atoms with Gasteiger partial charge in [0.05, 0.1) is 33.5 Å². The van der Waals surface area contributed by atoms with Crippen LogP contribution in [-0.4, -0.2) is 63.9 Å².